The van der Waals surface area contributed by atoms with E-state index in [1.54, 1.807) is 0 Å². The van der Waals surface area contributed by atoms with Gasteiger partial charge in [0.15, 0.2) is 0 Å². The second-order valence-electron chi connectivity index (χ2n) is 5.58. The molecule has 2 aromatic rings. The van der Waals surface area contributed by atoms with Crippen LogP contribution in [-0.2, 0) is 25.8 Å². The normalized spacial score (nSPS) is 14.9. The molecule has 4 heteroatoms. The zero-order valence-corrected chi connectivity index (χ0v) is 11.9. The van der Waals surface area contributed by atoms with Crippen molar-refractivity contribution in [3.63, 3.8) is 0 Å². The summed E-state index contributed by atoms with van der Waals surface area (Å²) >= 11 is 0. The Hall–Kier alpha value is -1.81. The Morgan fingerprint density at radius 1 is 1.40 bits per heavy atom. The Bertz CT molecular complexity index is 589. The average molecular weight is 271 g/mol. The van der Waals surface area contributed by atoms with E-state index < -0.39 is 0 Å². The van der Waals surface area contributed by atoms with Gasteiger partial charge in [-0.1, -0.05) is 12.1 Å². The van der Waals surface area contributed by atoms with Gasteiger partial charge in [0.05, 0.1) is 12.8 Å². The number of aromatic nitrogens is 2. The van der Waals surface area contributed by atoms with Gasteiger partial charge in [-0.2, -0.15) is 5.10 Å². The molecule has 0 saturated carbocycles. The number of nitrogens with two attached hydrogens (primary N) is 1. The van der Waals surface area contributed by atoms with Gasteiger partial charge >= 0.3 is 0 Å². The van der Waals surface area contributed by atoms with E-state index >= 15 is 0 Å². The van der Waals surface area contributed by atoms with E-state index in [0.29, 0.717) is 0 Å². The van der Waals surface area contributed by atoms with Gasteiger partial charge in [-0.05, 0) is 42.5 Å². The second-order valence-corrected chi connectivity index (χ2v) is 5.58. The first-order valence-electron chi connectivity index (χ1n) is 7.22. The Labute approximate surface area is 119 Å². The van der Waals surface area contributed by atoms with E-state index in [-0.39, 0.29) is 6.04 Å². The lowest BCUT2D eigenvalue weighted by Gasteiger charge is -2.05. The molecule has 2 heterocycles. The number of nitrogens with zero attached hydrogens (tertiary/aromatic N) is 2. The summed E-state index contributed by atoms with van der Waals surface area (Å²) in [5, 5.41) is 4.39. The maximum Gasteiger partial charge on any atom is 0.122 e. The number of fused-ring (bicyclic) bond motifs is 1. The van der Waals surface area contributed by atoms with E-state index in [1.165, 1.54) is 16.7 Å². The van der Waals surface area contributed by atoms with Crippen molar-refractivity contribution in [2.24, 2.45) is 5.73 Å². The first-order chi connectivity index (χ1) is 9.70. The molecule has 0 spiro atoms. The van der Waals surface area contributed by atoms with Crippen molar-refractivity contribution < 1.29 is 4.74 Å². The summed E-state index contributed by atoms with van der Waals surface area (Å²) in [4.78, 5) is 0. The van der Waals surface area contributed by atoms with Crippen LogP contribution in [0.1, 0.15) is 23.6 Å². The fourth-order valence-corrected chi connectivity index (χ4v) is 2.64. The number of benzene rings is 1. The SMILES string of the molecule is CC(N)Cc1cnn(CCc2ccc3c(c2)CCO3)c1. The summed E-state index contributed by atoms with van der Waals surface area (Å²) < 4.78 is 7.53. The van der Waals surface area contributed by atoms with E-state index in [2.05, 4.69) is 29.5 Å². The number of rotatable bonds is 5. The molecular weight excluding hydrogens is 250 g/mol. The molecule has 2 N–H and O–H groups in total. The molecule has 1 unspecified atom stereocenters. The van der Waals surface area contributed by atoms with Crippen LogP contribution in [0.15, 0.2) is 30.6 Å². The van der Waals surface area contributed by atoms with Crippen molar-refractivity contribution in [2.45, 2.75) is 38.8 Å². The highest BCUT2D eigenvalue weighted by molar-refractivity contribution is 5.39. The van der Waals surface area contributed by atoms with Crippen LogP contribution in [0.4, 0.5) is 0 Å². The third-order valence-corrected chi connectivity index (χ3v) is 3.63. The fourth-order valence-electron chi connectivity index (χ4n) is 2.64. The fraction of sp³-hybridized carbons (Fsp3) is 0.438. The second kappa shape index (κ2) is 5.67. The Morgan fingerprint density at radius 2 is 2.30 bits per heavy atom. The molecule has 1 atom stereocenters. The highest BCUT2D eigenvalue weighted by Crippen LogP contribution is 2.26. The van der Waals surface area contributed by atoms with Crippen molar-refractivity contribution in [1.29, 1.82) is 0 Å². The zero-order chi connectivity index (χ0) is 13.9. The summed E-state index contributed by atoms with van der Waals surface area (Å²) in [5.74, 6) is 1.05. The summed E-state index contributed by atoms with van der Waals surface area (Å²) in [6.07, 6.45) is 6.92. The van der Waals surface area contributed by atoms with Crippen molar-refractivity contribution in [1.82, 2.24) is 9.78 Å². The van der Waals surface area contributed by atoms with Gasteiger partial charge in [0, 0.05) is 25.2 Å². The van der Waals surface area contributed by atoms with Crippen molar-refractivity contribution in [3.8, 4) is 5.75 Å². The van der Waals surface area contributed by atoms with Crippen LogP contribution in [-0.4, -0.2) is 22.4 Å². The maximum atomic E-state index is 5.80. The van der Waals surface area contributed by atoms with Gasteiger partial charge in [-0.15, -0.1) is 0 Å². The third kappa shape index (κ3) is 3.02. The minimum atomic E-state index is 0.185. The molecule has 0 fully saturated rings. The predicted molar refractivity (Wildman–Crippen MR) is 78.9 cm³/mol. The maximum absolute atomic E-state index is 5.80. The molecule has 0 bridgehead atoms. The molecule has 0 saturated heterocycles. The third-order valence-electron chi connectivity index (χ3n) is 3.63. The van der Waals surface area contributed by atoms with Gasteiger partial charge in [0.2, 0.25) is 0 Å². The van der Waals surface area contributed by atoms with Crippen molar-refractivity contribution >= 4 is 0 Å². The molecular formula is C16H21N3O. The van der Waals surface area contributed by atoms with Crippen LogP contribution in [0.5, 0.6) is 5.75 Å². The van der Waals surface area contributed by atoms with Crippen LogP contribution in [0.25, 0.3) is 0 Å². The first-order valence-corrected chi connectivity index (χ1v) is 7.22. The van der Waals surface area contributed by atoms with Crippen molar-refractivity contribution in [2.75, 3.05) is 6.61 Å². The first kappa shape index (κ1) is 13.2. The van der Waals surface area contributed by atoms with Crippen molar-refractivity contribution in [3.05, 3.63) is 47.3 Å². The minimum Gasteiger partial charge on any atom is -0.493 e. The van der Waals surface area contributed by atoms with E-state index in [9.17, 15) is 0 Å². The molecule has 1 aliphatic heterocycles. The van der Waals surface area contributed by atoms with Crippen LogP contribution in [0.3, 0.4) is 0 Å². The Balaban J connectivity index is 1.60. The quantitative estimate of drug-likeness (QED) is 0.904. The number of hydrogen-bond acceptors (Lipinski definition) is 3. The van der Waals surface area contributed by atoms with Gasteiger partial charge in [-0.3, -0.25) is 4.68 Å². The molecule has 1 aliphatic rings. The predicted octanol–water partition coefficient (Wildman–Crippen LogP) is 1.95. The number of aryl methyl sites for hydroxylation is 2. The summed E-state index contributed by atoms with van der Waals surface area (Å²) in [7, 11) is 0. The van der Waals surface area contributed by atoms with Gasteiger partial charge in [0.1, 0.15) is 5.75 Å². The summed E-state index contributed by atoms with van der Waals surface area (Å²) in [5.41, 5.74) is 9.69. The van der Waals surface area contributed by atoms with E-state index in [4.69, 9.17) is 10.5 Å². The Morgan fingerprint density at radius 3 is 3.15 bits per heavy atom. The van der Waals surface area contributed by atoms with E-state index in [0.717, 1.165) is 38.2 Å². The van der Waals surface area contributed by atoms with Crippen LogP contribution >= 0.6 is 0 Å². The van der Waals surface area contributed by atoms with Crippen LogP contribution in [0.2, 0.25) is 0 Å². The lowest BCUT2D eigenvalue weighted by Crippen LogP contribution is -2.17. The van der Waals surface area contributed by atoms with Crippen LogP contribution < -0.4 is 10.5 Å². The highest BCUT2D eigenvalue weighted by atomic mass is 16.5. The van der Waals surface area contributed by atoms with Crippen LogP contribution in [0, 0.1) is 0 Å². The molecule has 4 nitrogen and oxygen atoms in total. The molecule has 106 valence electrons. The smallest absolute Gasteiger partial charge is 0.122 e. The summed E-state index contributed by atoms with van der Waals surface area (Å²) in [6, 6.07) is 6.68. The molecule has 3 rings (SSSR count). The molecule has 0 amide bonds. The highest BCUT2D eigenvalue weighted by Gasteiger charge is 2.11. The topological polar surface area (TPSA) is 53.1 Å². The lowest BCUT2D eigenvalue weighted by atomic mass is 10.1. The molecule has 1 aromatic heterocycles. The number of hydrogen-bond donors (Lipinski definition) is 1. The average Bonchev–Trinajstić information content (AvgIpc) is 3.03. The standard InChI is InChI=1S/C16H21N3O/c1-12(17)8-14-10-18-19(11-14)6-4-13-2-3-16-15(9-13)5-7-20-16/h2-3,9-12H,4-8,17H2,1H3. The van der Waals surface area contributed by atoms with Gasteiger partial charge in [0.25, 0.3) is 0 Å². The largest absolute Gasteiger partial charge is 0.493 e. The molecule has 20 heavy (non-hydrogen) atoms. The minimum absolute atomic E-state index is 0.185. The molecule has 0 aliphatic carbocycles. The van der Waals surface area contributed by atoms with E-state index in [1.807, 2.05) is 17.8 Å². The summed E-state index contributed by atoms with van der Waals surface area (Å²) in [6.45, 7) is 3.74. The number of ether oxygens (including phenoxy) is 1. The molecule has 1 aromatic carbocycles. The molecule has 0 radical (unpaired) electrons. The van der Waals surface area contributed by atoms with Gasteiger partial charge in [-0.25, -0.2) is 0 Å². The zero-order valence-electron chi connectivity index (χ0n) is 11.9. The Kier molecular flexibility index (Phi) is 3.74. The van der Waals surface area contributed by atoms with Gasteiger partial charge < -0.3 is 10.5 Å². The lowest BCUT2D eigenvalue weighted by molar-refractivity contribution is 0.357. The monoisotopic (exact) mass is 271 g/mol.